The third kappa shape index (κ3) is 4.76. The number of nitrogens with zero attached hydrogens (tertiary/aromatic N) is 2. The molecule has 0 saturated heterocycles. The van der Waals surface area contributed by atoms with E-state index in [-0.39, 0.29) is 11.9 Å². The summed E-state index contributed by atoms with van der Waals surface area (Å²) in [5.41, 5.74) is 0.808. The first-order chi connectivity index (χ1) is 8.67. The Bertz CT molecular complexity index is 425. The Labute approximate surface area is 112 Å². The van der Waals surface area contributed by atoms with Crippen molar-refractivity contribution < 1.29 is 4.79 Å². The second-order valence-corrected chi connectivity index (χ2v) is 5.30. The second-order valence-electron chi connectivity index (χ2n) is 3.90. The number of amides is 1. The fourth-order valence-corrected chi connectivity index (χ4v) is 2.18. The molecule has 0 aliphatic rings. The summed E-state index contributed by atoms with van der Waals surface area (Å²) >= 11 is 1.86. The van der Waals surface area contributed by atoms with Crippen molar-refractivity contribution in [1.29, 1.82) is 5.26 Å². The van der Waals surface area contributed by atoms with Gasteiger partial charge in [-0.3, -0.25) is 4.79 Å². The van der Waals surface area contributed by atoms with Crippen molar-refractivity contribution in [2.75, 3.05) is 11.5 Å². The van der Waals surface area contributed by atoms with E-state index in [0.29, 0.717) is 11.3 Å². The van der Waals surface area contributed by atoms with Crippen LogP contribution in [-0.4, -0.2) is 28.4 Å². The van der Waals surface area contributed by atoms with E-state index >= 15 is 0 Å². The Balaban J connectivity index is 2.46. The topological polar surface area (TPSA) is 65.8 Å². The van der Waals surface area contributed by atoms with E-state index in [1.165, 1.54) is 6.20 Å². The monoisotopic (exact) mass is 263 g/mol. The smallest absolute Gasteiger partial charge is 0.270 e. The minimum Gasteiger partial charge on any atom is -0.348 e. The van der Waals surface area contributed by atoms with E-state index in [9.17, 15) is 4.79 Å². The van der Waals surface area contributed by atoms with Crippen LogP contribution >= 0.6 is 11.8 Å². The molecular weight excluding hydrogens is 246 g/mol. The van der Waals surface area contributed by atoms with Crippen LogP contribution in [0.4, 0.5) is 0 Å². The highest BCUT2D eigenvalue weighted by atomic mass is 32.2. The lowest BCUT2D eigenvalue weighted by molar-refractivity contribution is 0.0934. The number of hydrogen-bond donors (Lipinski definition) is 1. The summed E-state index contributed by atoms with van der Waals surface area (Å²) in [4.78, 5) is 15.8. The first-order valence-corrected chi connectivity index (χ1v) is 7.07. The van der Waals surface area contributed by atoms with Crippen molar-refractivity contribution in [3.8, 4) is 6.07 Å². The Morgan fingerprint density at radius 2 is 2.39 bits per heavy atom. The van der Waals surface area contributed by atoms with Crippen LogP contribution in [0.25, 0.3) is 0 Å². The number of nitriles is 1. The van der Waals surface area contributed by atoms with Crippen molar-refractivity contribution in [3.63, 3.8) is 0 Å². The molecule has 0 aromatic carbocycles. The normalized spacial score (nSPS) is 11.6. The average molecular weight is 263 g/mol. The van der Waals surface area contributed by atoms with Gasteiger partial charge in [-0.1, -0.05) is 6.92 Å². The Morgan fingerprint density at radius 1 is 1.61 bits per heavy atom. The number of carbonyl (C=O) groups excluding carboxylic acids is 1. The van der Waals surface area contributed by atoms with Crippen molar-refractivity contribution in [3.05, 3.63) is 29.6 Å². The van der Waals surface area contributed by atoms with Gasteiger partial charge in [-0.05, 0) is 37.0 Å². The zero-order chi connectivity index (χ0) is 13.4. The number of pyridine rings is 1. The van der Waals surface area contributed by atoms with Gasteiger partial charge in [0.25, 0.3) is 5.91 Å². The van der Waals surface area contributed by atoms with Gasteiger partial charge < -0.3 is 5.32 Å². The van der Waals surface area contributed by atoms with Crippen LogP contribution in [0.3, 0.4) is 0 Å². The summed E-state index contributed by atoms with van der Waals surface area (Å²) in [5.74, 6) is 1.95. The molecule has 5 heteroatoms. The van der Waals surface area contributed by atoms with Crippen LogP contribution in [0.2, 0.25) is 0 Å². The molecule has 96 valence electrons. The minimum absolute atomic E-state index is 0.133. The molecule has 0 aliphatic heterocycles. The third-order valence-electron chi connectivity index (χ3n) is 2.40. The van der Waals surface area contributed by atoms with E-state index in [4.69, 9.17) is 5.26 Å². The lowest BCUT2D eigenvalue weighted by atomic mass is 10.2. The number of carbonyl (C=O) groups is 1. The molecule has 1 aromatic rings. The lowest BCUT2D eigenvalue weighted by Crippen LogP contribution is -2.33. The molecule has 1 atom stereocenters. The summed E-state index contributed by atoms with van der Waals surface area (Å²) < 4.78 is 0. The summed E-state index contributed by atoms with van der Waals surface area (Å²) in [6.07, 6.45) is 2.35. The van der Waals surface area contributed by atoms with Crippen LogP contribution in [0.1, 0.15) is 36.3 Å². The predicted octanol–water partition coefficient (Wildman–Crippen LogP) is 2.21. The van der Waals surface area contributed by atoms with E-state index in [1.54, 1.807) is 12.1 Å². The van der Waals surface area contributed by atoms with E-state index in [1.807, 2.05) is 24.8 Å². The summed E-state index contributed by atoms with van der Waals surface area (Å²) in [6.45, 7) is 4.10. The van der Waals surface area contributed by atoms with E-state index in [2.05, 4.69) is 17.2 Å². The molecule has 0 aliphatic carbocycles. The second kappa shape index (κ2) is 7.72. The number of nitrogens with one attached hydrogen (secondary N) is 1. The molecule has 1 aromatic heterocycles. The summed E-state index contributed by atoms with van der Waals surface area (Å²) in [7, 11) is 0. The Kier molecular flexibility index (Phi) is 6.23. The molecule has 1 unspecified atom stereocenters. The van der Waals surface area contributed by atoms with Crippen LogP contribution < -0.4 is 5.32 Å². The largest absolute Gasteiger partial charge is 0.348 e. The van der Waals surface area contributed by atoms with Gasteiger partial charge in [0.05, 0.1) is 5.56 Å². The SMILES string of the molecule is CCSCCC(C)NC(=O)c1ccc(C#N)cn1. The van der Waals surface area contributed by atoms with Gasteiger partial charge in [0.1, 0.15) is 11.8 Å². The van der Waals surface area contributed by atoms with Gasteiger partial charge >= 0.3 is 0 Å². The van der Waals surface area contributed by atoms with Gasteiger partial charge in [-0.25, -0.2) is 4.98 Å². The van der Waals surface area contributed by atoms with Crippen LogP contribution in [-0.2, 0) is 0 Å². The Hall–Kier alpha value is -1.54. The predicted molar refractivity (Wildman–Crippen MR) is 73.5 cm³/mol. The number of aromatic nitrogens is 1. The van der Waals surface area contributed by atoms with Gasteiger partial charge in [0.15, 0.2) is 0 Å². The molecule has 1 amide bonds. The lowest BCUT2D eigenvalue weighted by Gasteiger charge is -2.12. The maximum atomic E-state index is 11.8. The summed E-state index contributed by atoms with van der Waals surface area (Å²) in [5, 5.41) is 11.5. The number of rotatable bonds is 6. The molecule has 0 radical (unpaired) electrons. The van der Waals surface area contributed by atoms with Crippen molar-refractivity contribution in [2.24, 2.45) is 0 Å². The molecule has 0 bridgehead atoms. The molecule has 0 fully saturated rings. The van der Waals surface area contributed by atoms with Crippen molar-refractivity contribution in [1.82, 2.24) is 10.3 Å². The molecule has 1 heterocycles. The maximum Gasteiger partial charge on any atom is 0.270 e. The zero-order valence-corrected chi connectivity index (χ0v) is 11.5. The first-order valence-electron chi connectivity index (χ1n) is 5.92. The van der Waals surface area contributed by atoms with Crippen LogP contribution in [0, 0.1) is 11.3 Å². The Morgan fingerprint density at radius 3 is 2.94 bits per heavy atom. The fourth-order valence-electron chi connectivity index (χ4n) is 1.37. The molecule has 18 heavy (non-hydrogen) atoms. The fraction of sp³-hybridized carbons (Fsp3) is 0.462. The molecular formula is C13H17N3OS. The molecule has 4 nitrogen and oxygen atoms in total. The van der Waals surface area contributed by atoms with Gasteiger partial charge in [-0.2, -0.15) is 17.0 Å². The quantitative estimate of drug-likeness (QED) is 0.799. The molecule has 0 spiro atoms. The summed E-state index contributed by atoms with van der Waals surface area (Å²) in [6, 6.07) is 5.27. The first kappa shape index (κ1) is 14.5. The number of hydrogen-bond acceptors (Lipinski definition) is 4. The molecule has 1 N–H and O–H groups in total. The van der Waals surface area contributed by atoms with Crippen molar-refractivity contribution in [2.45, 2.75) is 26.3 Å². The molecule has 1 rings (SSSR count). The molecule has 0 saturated carbocycles. The van der Waals surface area contributed by atoms with E-state index < -0.39 is 0 Å². The highest BCUT2D eigenvalue weighted by molar-refractivity contribution is 7.99. The standard InChI is InChI=1S/C13H17N3OS/c1-3-18-7-6-10(2)16-13(17)12-5-4-11(8-14)9-15-12/h4-5,9-10H,3,6-7H2,1-2H3,(H,16,17). The third-order valence-corrected chi connectivity index (χ3v) is 3.33. The maximum absolute atomic E-state index is 11.8. The van der Waals surface area contributed by atoms with Crippen LogP contribution in [0.15, 0.2) is 18.3 Å². The number of thioether (sulfide) groups is 1. The van der Waals surface area contributed by atoms with Crippen molar-refractivity contribution >= 4 is 17.7 Å². The highest BCUT2D eigenvalue weighted by Crippen LogP contribution is 2.05. The van der Waals surface area contributed by atoms with Gasteiger partial charge in [-0.15, -0.1) is 0 Å². The highest BCUT2D eigenvalue weighted by Gasteiger charge is 2.10. The van der Waals surface area contributed by atoms with Crippen LogP contribution in [0.5, 0.6) is 0 Å². The van der Waals surface area contributed by atoms with Gasteiger partial charge in [0, 0.05) is 12.2 Å². The van der Waals surface area contributed by atoms with Gasteiger partial charge in [0.2, 0.25) is 0 Å². The average Bonchev–Trinajstić information content (AvgIpc) is 2.39. The minimum atomic E-state index is -0.187. The van der Waals surface area contributed by atoms with E-state index in [0.717, 1.165) is 17.9 Å². The zero-order valence-electron chi connectivity index (χ0n) is 10.6.